The van der Waals surface area contributed by atoms with Gasteiger partial charge in [-0.3, -0.25) is 0 Å². The number of hydrogen-bond acceptors (Lipinski definition) is 1. The molecule has 2 aromatic carbocycles. The number of rotatable bonds is 2. The lowest BCUT2D eigenvalue weighted by atomic mass is 9.99. The van der Waals surface area contributed by atoms with E-state index in [4.69, 9.17) is 4.74 Å². The quantitative estimate of drug-likeness (QED) is 0.713. The average molecular weight is 263 g/mol. The fourth-order valence-electron chi connectivity index (χ4n) is 3.13. The highest BCUT2D eigenvalue weighted by Crippen LogP contribution is 2.39. The molecule has 0 amide bonds. The molecule has 0 spiro atoms. The summed E-state index contributed by atoms with van der Waals surface area (Å²) in [4.78, 5) is 3.58. The van der Waals surface area contributed by atoms with Crippen molar-refractivity contribution < 1.29 is 4.74 Å². The van der Waals surface area contributed by atoms with Crippen LogP contribution in [0.3, 0.4) is 0 Å². The van der Waals surface area contributed by atoms with E-state index in [1.807, 2.05) is 0 Å². The third-order valence-electron chi connectivity index (χ3n) is 4.05. The minimum atomic E-state index is 0.206. The second-order valence-electron chi connectivity index (χ2n) is 5.33. The molecule has 0 saturated carbocycles. The smallest absolute Gasteiger partial charge is 0.0979 e. The molecule has 3 aromatic rings. The van der Waals surface area contributed by atoms with Crippen molar-refractivity contribution in [3.63, 3.8) is 0 Å². The van der Waals surface area contributed by atoms with Gasteiger partial charge >= 0.3 is 0 Å². The standard InChI is InChI=1S/C18H17NO/c1-2-7-13(8-3-1)17-14-9-4-5-10-15(14)19-18(17)16-11-6-12-20-16/h1-5,7-10,16,19H,6,11-12H2. The molecule has 1 unspecified atom stereocenters. The second-order valence-corrected chi connectivity index (χ2v) is 5.33. The number of aromatic nitrogens is 1. The predicted molar refractivity (Wildman–Crippen MR) is 81.7 cm³/mol. The van der Waals surface area contributed by atoms with Gasteiger partial charge in [-0.1, -0.05) is 48.5 Å². The van der Waals surface area contributed by atoms with Crippen LogP contribution in [0.5, 0.6) is 0 Å². The van der Waals surface area contributed by atoms with Crippen LogP contribution in [0.25, 0.3) is 22.0 Å². The number of ether oxygens (including phenoxy) is 1. The normalized spacial score (nSPS) is 18.7. The first-order chi connectivity index (χ1) is 9.93. The number of hydrogen-bond donors (Lipinski definition) is 1. The molecule has 20 heavy (non-hydrogen) atoms. The molecule has 100 valence electrons. The first kappa shape index (κ1) is 11.7. The van der Waals surface area contributed by atoms with Crippen LogP contribution in [-0.4, -0.2) is 11.6 Å². The summed E-state index contributed by atoms with van der Waals surface area (Å²) in [7, 11) is 0. The maximum atomic E-state index is 5.90. The van der Waals surface area contributed by atoms with Gasteiger partial charge in [0.2, 0.25) is 0 Å². The summed E-state index contributed by atoms with van der Waals surface area (Å²) in [5, 5.41) is 1.28. The largest absolute Gasteiger partial charge is 0.372 e. The Morgan fingerprint density at radius 3 is 2.55 bits per heavy atom. The fourth-order valence-corrected chi connectivity index (χ4v) is 3.13. The van der Waals surface area contributed by atoms with Gasteiger partial charge in [-0.15, -0.1) is 0 Å². The van der Waals surface area contributed by atoms with Crippen molar-refractivity contribution >= 4 is 10.9 Å². The minimum absolute atomic E-state index is 0.206. The van der Waals surface area contributed by atoms with E-state index in [-0.39, 0.29) is 6.10 Å². The topological polar surface area (TPSA) is 25.0 Å². The summed E-state index contributed by atoms with van der Waals surface area (Å²) in [6.07, 6.45) is 2.46. The molecule has 1 atom stereocenters. The van der Waals surface area contributed by atoms with Gasteiger partial charge in [0.05, 0.1) is 11.8 Å². The van der Waals surface area contributed by atoms with Crippen molar-refractivity contribution in [2.45, 2.75) is 18.9 Å². The van der Waals surface area contributed by atoms with E-state index in [9.17, 15) is 0 Å². The highest BCUT2D eigenvalue weighted by atomic mass is 16.5. The Kier molecular flexibility index (Phi) is 2.82. The van der Waals surface area contributed by atoms with Crippen LogP contribution in [0.1, 0.15) is 24.6 Å². The second kappa shape index (κ2) is 4.80. The van der Waals surface area contributed by atoms with Gasteiger partial charge in [0.25, 0.3) is 0 Å². The number of benzene rings is 2. The Labute approximate surface area is 118 Å². The van der Waals surface area contributed by atoms with E-state index in [0.717, 1.165) is 19.4 Å². The molecule has 0 aliphatic carbocycles. The van der Waals surface area contributed by atoms with Gasteiger partial charge in [0.1, 0.15) is 0 Å². The van der Waals surface area contributed by atoms with E-state index >= 15 is 0 Å². The number of H-pyrrole nitrogens is 1. The summed E-state index contributed by atoms with van der Waals surface area (Å²) in [5.41, 5.74) is 4.98. The molecule has 1 N–H and O–H groups in total. The van der Waals surface area contributed by atoms with E-state index in [1.165, 1.54) is 27.7 Å². The van der Waals surface area contributed by atoms with Crippen LogP contribution in [0.2, 0.25) is 0 Å². The fraction of sp³-hybridized carbons (Fsp3) is 0.222. The van der Waals surface area contributed by atoms with Crippen LogP contribution < -0.4 is 0 Å². The molecule has 1 saturated heterocycles. The van der Waals surface area contributed by atoms with Crippen LogP contribution in [0.15, 0.2) is 54.6 Å². The van der Waals surface area contributed by atoms with Gasteiger partial charge in [0, 0.05) is 23.1 Å². The predicted octanol–water partition coefficient (Wildman–Crippen LogP) is 4.69. The van der Waals surface area contributed by atoms with Crippen molar-refractivity contribution in [1.29, 1.82) is 0 Å². The maximum Gasteiger partial charge on any atom is 0.0979 e. The molecule has 2 nitrogen and oxygen atoms in total. The molecule has 0 radical (unpaired) electrons. The zero-order valence-corrected chi connectivity index (χ0v) is 11.3. The zero-order chi connectivity index (χ0) is 13.4. The van der Waals surface area contributed by atoms with Crippen molar-refractivity contribution in [2.75, 3.05) is 6.61 Å². The number of aromatic amines is 1. The molecule has 1 aliphatic rings. The highest BCUT2D eigenvalue weighted by molar-refractivity contribution is 5.97. The Bertz CT molecular complexity index is 724. The van der Waals surface area contributed by atoms with E-state index in [2.05, 4.69) is 59.6 Å². The molecule has 0 bridgehead atoms. The summed E-state index contributed by atoms with van der Waals surface area (Å²) in [6.45, 7) is 0.869. The van der Waals surface area contributed by atoms with Crippen molar-refractivity contribution in [3.8, 4) is 11.1 Å². The molecule has 2 heterocycles. The SMILES string of the molecule is c1ccc(-c2c(C3CCCO3)[nH]c3ccccc23)cc1. The molecular formula is C18H17NO. The van der Waals surface area contributed by atoms with Crippen molar-refractivity contribution in [1.82, 2.24) is 4.98 Å². The Hall–Kier alpha value is -2.06. The molecule has 4 rings (SSSR count). The van der Waals surface area contributed by atoms with Gasteiger partial charge in [0.15, 0.2) is 0 Å². The summed E-state index contributed by atoms with van der Waals surface area (Å²) in [6, 6.07) is 19.1. The van der Waals surface area contributed by atoms with Crippen LogP contribution in [0.4, 0.5) is 0 Å². The summed E-state index contributed by atoms with van der Waals surface area (Å²) in [5.74, 6) is 0. The van der Waals surface area contributed by atoms with Gasteiger partial charge in [-0.2, -0.15) is 0 Å². The van der Waals surface area contributed by atoms with E-state index < -0.39 is 0 Å². The zero-order valence-electron chi connectivity index (χ0n) is 11.3. The molecule has 1 aliphatic heterocycles. The van der Waals surface area contributed by atoms with E-state index in [1.54, 1.807) is 0 Å². The minimum Gasteiger partial charge on any atom is -0.372 e. The third kappa shape index (κ3) is 1.84. The summed E-state index contributed by atoms with van der Waals surface area (Å²) >= 11 is 0. The average Bonchev–Trinajstić information content (AvgIpc) is 3.15. The van der Waals surface area contributed by atoms with Crippen LogP contribution in [-0.2, 0) is 4.74 Å². The van der Waals surface area contributed by atoms with E-state index in [0.29, 0.717) is 0 Å². The lowest BCUT2D eigenvalue weighted by Gasteiger charge is -2.11. The van der Waals surface area contributed by atoms with Gasteiger partial charge in [-0.25, -0.2) is 0 Å². The third-order valence-corrected chi connectivity index (χ3v) is 4.05. The first-order valence-corrected chi connectivity index (χ1v) is 7.21. The molecule has 1 fully saturated rings. The Morgan fingerprint density at radius 2 is 1.75 bits per heavy atom. The van der Waals surface area contributed by atoms with Gasteiger partial charge in [-0.05, 0) is 24.5 Å². The highest BCUT2D eigenvalue weighted by Gasteiger charge is 2.24. The van der Waals surface area contributed by atoms with Crippen molar-refractivity contribution in [3.05, 3.63) is 60.3 Å². The number of fused-ring (bicyclic) bond motifs is 1. The number of para-hydroxylation sites is 1. The molecule has 1 aromatic heterocycles. The molecule has 2 heteroatoms. The lowest BCUT2D eigenvalue weighted by molar-refractivity contribution is 0.109. The number of nitrogens with one attached hydrogen (secondary N) is 1. The molecular weight excluding hydrogens is 246 g/mol. The first-order valence-electron chi connectivity index (χ1n) is 7.21. The van der Waals surface area contributed by atoms with Crippen LogP contribution >= 0.6 is 0 Å². The van der Waals surface area contributed by atoms with Gasteiger partial charge < -0.3 is 9.72 Å². The van der Waals surface area contributed by atoms with Crippen LogP contribution in [0, 0.1) is 0 Å². The Balaban J connectivity index is 1.98. The monoisotopic (exact) mass is 263 g/mol. The summed E-state index contributed by atoms with van der Waals surface area (Å²) < 4.78 is 5.90. The lowest BCUT2D eigenvalue weighted by Crippen LogP contribution is -1.98. The van der Waals surface area contributed by atoms with Crippen molar-refractivity contribution in [2.24, 2.45) is 0 Å². The maximum absolute atomic E-state index is 5.90. The Morgan fingerprint density at radius 1 is 0.950 bits per heavy atom.